The predicted molar refractivity (Wildman–Crippen MR) is 134 cm³/mol. The molecule has 0 aromatic heterocycles. The van der Waals surface area contributed by atoms with Gasteiger partial charge in [0.25, 0.3) is 0 Å². The van der Waals surface area contributed by atoms with E-state index in [-0.39, 0.29) is 36.8 Å². The van der Waals surface area contributed by atoms with Crippen molar-refractivity contribution < 1.29 is 28.5 Å². The van der Waals surface area contributed by atoms with E-state index in [9.17, 15) is 4.79 Å². The van der Waals surface area contributed by atoms with Crippen molar-refractivity contribution in [3.8, 4) is 0 Å². The van der Waals surface area contributed by atoms with E-state index in [1.54, 1.807) is 0 Å². The second-order valence-electron chi connectivity index (χ2n) is 9.28. The van der Waals surface area contributed by atoms with Gasteiger partial charge in [0, 0.05) is 6.42 Å². The standard InChI is InChI=1S/C30H32O6/c31-29-17-26(34-20-24-14-8-3-9-15-24)30-27(35-29)16-25(33-19-23-12-6-2-7-13-23)28(36-30)21-32-18-22-10-4-1-5-11-22/h1-15,25-28,30H,16-21H2/t25-,26+,27+,28+,30-/m0/s1. The molecule has 188 valence electrons. The molecule has 0 N–H and O–H groups in total. The van der Waals surface area contributed by atoms with Crippen molar-refractivity contribution in [3.05, 3.63) is 108 Å². The summed E-state index contributed by atoms with van der Waals surface area (Å²) in [4.78, 5) is 12.4. The fraction of sp³-hybridized carbons (Fsp3) is 0.367. The molecule has 5 atom stereocenters. The smallest absolute Gasteiger partial charge is 0.308 e. The normalized spacial score (nSPS) is 25.7. The zero-order valence-electron chi connectivity index (χ0n) is 20.2. The molecule has 0 saturated carbocycles. The van der Waals surface area contributed by atoms with E-state index < -0.39 is 6.10 Å². The van der Waals surface area contributed by atoms with E-state index in [1.165, 1.54) is 0 Å². The first kappa shape index (κ1) is 24.7. The molecule has 2 aliphatic heterocycles. The van der Waals surface area contributed by atoms with Gasteiger partial charge in [-0.2, -0.15) is 0 Å². The lowest BCUT2D eigenvalue weighted by molar-refractivity contribution is -0.253. The van der Waals surface area contributed by atoms with Crippen molar-refractivity contribution in [2.75, 3.05) is 6.61 Å². The largest absolute Gasteiger partial charge is 0.459 e. The maximum atomic E-state index is 12.4. The van der Waals surface area contributed by atoms with Gasteiger partial charge in [-0.25, -0.2) is 0 Å². The average Bonchev–Trinajstić information content (AvgIpc) is 2.92. The van der Waals surface area contributed by atoms with Gasteiger partial charge in [0.1, 0.15) is 18.3 Å². The molecule has 3 aromatic rings. The van der Waals surface area contributed by atoms with Crippen LogP contribution in [0.2, 0.25) is 0 Å². The van der Waals surface area contributed by atoms with Crippen LogP contribution in [-0.4, -0.2) is 43.1 Å². The summed E-state index contributed by atoms with van der Waals surface area (Å²) >= 11 is 0. The number of ether oxygens (including phenoxy) is 5. The van der Waals surface area contributed by atoms with Gasteiger partial charge in [0.05, 0.1) is 45.1 Å². The molecule has 5 rings (SSSR count). The van der Waals surface area contributed by atoms with E-state index in [0.29, 0.717) is 32.8 Å². The molecule has 2 fully saturated rings. The van der Waals surface area contributed by atoms with Gasteiger partial charge < -0.3 is 23.7 Å². The van der Waals surface area contributed by atoms with E-state index in [1.807, 2.05) is 91.0 Å². The van der Waals surface area contributed by atoms with Crippen LogP contribution in [0.15, 0.2) is 91.0 Å². The number of hydrogen-bond donors (Lipinski definition) is 0. The highest BCUT2D eigenvalue weighted by molar-refractivity contribution is 5.71. The van der Waals surface area contributed by atoms with Gasteiger partial charge in [0.2, 0.25) is 0 Å². The van der Waals surface area contributed by atoms with Crippen LogP contribution in [0.4, 0.5) is 0 Å². The molecule has 3 aromatic carbocycles. The Morgan fingerprint density at radius 1 is 0.694 bits per heavy atom. The van der Waals surface area contributed by atoms with E-state index in [0.717, 1.165) is 16.7 Å². The molecule has 6 heteroatoms. The van der Waals surface area contributed by atoms with Gasteiger partial charge in [-0.3, -0.25) is 4.79 Å². The summed E-state index contributed by atoms with van der Waals surface area (Å²) in [5, 5.41) is 0. The summed E-state index contributed by atoms with van der Waals surface area (Å²) in [6.07, 6.45) is -1.05. The van der Waals surface area contributed by atoms with Crippen molar-refractivity contribution in [1.29, 1.82) is 0 Å². The van der Waals surface area contributed by atoms with E-state index in [4.69, 9.17) is 23.7 Å². The predicted octanol–water partition coefficient (Wildman–Crippen LogP) is 4.85. The minimum atomic E-state index is -0.418. The number of carbonyl (C=O) groups excluding carboxylic acids is 1. The maximum absolute atomic E-state index is 12.4. The third-order valence-electron chi connectivity index (χ3n) is 6.60. The Morgan fingerprint density at radius 3 is 1.81 bits per heavy atom. The van der Waals surface area contributed by atoms with Gasteiger partial charge >= 0.3 is 5.97 Å². The first-order chi connectivity index (χ1) is 17.7. The molecule has 0 amide bonds. The van der Waals surface area contributed by atoms with Crippen molar-refractivity contribution in [1.82, 2.24) is 0 Å². The highest BCUT2D eigenvalue weighted by Crippen LogP contribution is 2.33. The van der Waals surface area contributed by atoms with Crippen molar-refractivity contribution in [2.45, 2.75) is 63.2 Å². The van der Waals surface area contributed by atoms with Crippen LogP contribution in [-0.2, 0) is 48.3 Å². The van der Waals surface area contributed by atoms with Crippen LogP contribution in [0.3, 0.4) is 0 Å². The first-order valence-corrected chi connectivity index (χ1v) is 12.5. The molecule has 36 heavy (non-hydrogen) atoms. The Bertz CT molecular complexity index is 1070. The van der Waals surface area contributed by atoms with Gasteiger partial charge in [-0.05, 0) is 16.7 Å². The number of hydrogen-bond acceptors (Lipinski definition) is 6. The Labute approximate surface area is 212 Å². The summed E-state index contributed by atoms with van der Waals surface area (Å²) in [5.74, 6) is -0.265. The maximum Gasteiger partial charge on any atom is 0.308 e. The number of carbonyl (C=O) groups is 1. The first-order valence-electron chi connectivity index (χ1n) is 12.5. The van der Waals surface area contributed by atoms with Crippen molar-refractivity contribution in [2.24, 2.45) is 0 Å². The van der Waals surface area contributed by atoms with Crippen LogP contribution in [0.1, 0.15) is 29.5 Å². The highest BCUT2D eigenvalue weighted by atomic mass is 16.6. The Kier molecular flexibility index (Phi) is 8.41. The molecule has 2 saturated heterocycles. The monoisotopic (exact) mass is 488 g/mol. The van der Waals surface area contributed by atoms with Gasteiger partial charge in [0.15, 0.2) is 0 Å². The fourth-order valence-electron chi connectivity index (χ4n) is 4.73. The minimum Gasteiger partial charge on any atom is -0.459 e. The van der Waals surface area contributed by atoms with Crippen LogP contribution in [0.25, 0.3) is 0 Å². The quantitative estimate of drug-likeness (QED) is 0.380. The molecule has 0 bridgehead atoms. The molecule has 0 spiro atoms. The van der Waals surface area contributed by atoms with Gasteiger partial charge in [-0.1, -0.05) is 91.0 Å². The third kappa shape index (κ3) is 6.59. The van der Waals surface area contributed by atoms with E-state index in [2.05, 4.69) is 0 Å². The lowest BCUT2D eigenvalue weighted by Gasteiger charge is -2.45. The second-order valence-corrected chi connectivity index (χ2v) is 9.28. The molecule has 0 unspecified atom stereocenters. The molecule has 2 aliphatic rings. The molecular formula is C30H32O6. The molecule has 0 aliphatic carbocycles. The van der Waals surface area contributed by atoms with E-state index >= 15 is 0 Å². The number of esters is 1. The average molecular weight is 489 g/mol. The van der Waals surface area contributed by atoms with Crippen LogP contribution in [0.5, 0.6) is 0 Å². The van der Waals surface area contributed by atoms with Crippen LogP contribution in [0, 0.1) is 0 Å². The lowest BCUT2D eigenvalue weighted by Crippen LogP contribution is -2.58. The SMILES string of the molecule is O=C1C[C@@H](OCc2ccccc2)[C@@H]2O[C@H](COCc3ccccc3)[C@@H](OCc3ccccc3)C[C@H]2O1. The third-order valence-corrected chi connectivity index (χ3v) is 6.60. The molecule has 2 heterocycles. The Morgan fingerprint density at radius 2 is 1.22 bits per heavy atom. The minimum absolute atomic E-state index is 0.168. The topological polar surface area (TPSA) is 63.2 Å². The molecule has 0 radical (unpaired) electrons. The molecular weight excluding hydrogens is 456 g/mol. The molecule has 6 nitrogen and oxygen atoms in total. The number of fused-ring (bicyclic) bond motifs is 1. The zero-order valence-corrected chi connectivity index (χ0v) is 20.2. The van der Waals surface area contributed by atoms with Gasteiger partial charge in [-0.15, -0.1) is 0 Å². The number of rotatable bonds is 10. The van der Waals surface area contributed by atoms with Crippen molar-refractivity contribution >= 4 is 5.97 Å². The number of benzene rings is 3. The summed E-state index contributed by atoms with van der Waals surface area (Å²) in [7, 11) is 0. The Balaban J connectivity index is 1.26. The Hall–Kier alpha value is -3.03. The van der Waals surface area contributed by atoms with Crippen LogP contribution >= 0.6 is 0 Å². The summed E-state index contributed by atoms with van der Waals surface area (Å²) in [5.41, 5.74) is 3.23. The fourth-order valence-corrected chi connectivity index (χ4v) is 4.73. The lowest BCUT2D eigenvalue weighted by atomic mass is 9.91. The van der Waals surface area contributed by atoms with Crippen molar-refractivity contribution in [3.63, 3.8) is 0 Å². The summed E-state index contributed by atoms with van der Waals surface area (Å²) in [6.45, 7) is 1.72. The zero-order chi connectivity index (χ0) is 24.6. The summed E-state index contributed by atoms with van der Waals surface area (Å²) in [6, 6.07) is 30.0. The second kappa shape index (κ2) is 12.3. The summed E-state index contributed by atoms with van der Waals surface area (Å²) < 4.78 is 30.8. The van der Waals surface area contributed by atoms with Crippen LogP contribution < -0.4 is 0 Å². The highest BCUT2D eigenvalue weighted by Gasteiger charge is 2.48.